The highest BCUT2D eigenvalue weighted by atomic mass is 35.5. The molecule has 2 aromatic carbocycles. The Morgan fingerprint density at radius 2 is 1.66 bits per heavy atom. The molecule has 10 heteroatoms. The second-order valence-electron chi connectivity index (χ2n) is 6.60. The Hall–Kier alpha value is -2.81. The van der Waals surface area contributed by atoms with Crippen LogP contribution in [-0.2, 0) is 9.59 Å². The lowest BCUT2D eigenvalue weighted by Gasteiger charge is -2.23. The van der Waals surface area contributed by atoms with E-state index in [0.29, 0.717) is 32.5 Å². The van der Waals surface area contributed by atoms with Crippen LogP contribution in [0.5, 0.6) is 0 Å². The molecule has 0 fully saturated rings. The molecule has 0 bridgehead atoms. The molecule has 0 radical (unpaired) electrons. The van der Waals surface area contributed by atoms with Crippen molar-refractivity contribution >= 4 is 57.4 Å². The van der Waals surface area contributed by atoms with Crippen molar-refractivity contribution in [3.05, 3.63) is 56.9 Å². The number of rotatable bonds is 6. The minimum atomic E-state index is -0.574. The largest absolute Gasteiger partial charge is 0.325 e. The minimum Gasteiger partial charge on any atom is -0.325 e. The van der Waals surface area contributed by atoms with Gasteiger partial charge in [-0.05, 0) is 50.4 Å². The number of carbonyl (C=O) groups excluding carboxylic acids is 2. The molecule has 0 unspecified atom stereocenters. The Morgan fingerprint density at radius 3 is 2.38 bits per heavy atom. The van der Waals surface area contributed by atoms with Gasteiger partial charge in [-0.2, -0.15) is 0 Å². The number of imidazole rings is 1. The van der Waals surface area contributed by atoms with Gasteiger partial charge in [0.2, 0.25) is 11.8 Å². The molecule has 0 aliphatic rings. The predicted molar refractivity (Wildman–Crippen MR) is 115 cm³/mol. The van der Waals surface area contributed by atoms with Gasteiger partial charge in [0.05, 0.1) is 33.7 Å². The molecule has 1 aromatic heterocycles. The van der Waals surface area contributed by atoms with Crippen molar-refractivity contribution in [1.29, 1.82) is 0 Å². The first kappa shape index (κ1) is 20.9. The van der Waals surface area contributed by atoms with Crippen LogP contribution in [0.4, 0.5) is 11.4 Å². The molecule has 2 amide bonds. The monoisotopic (exact) mass is 435 g/mol. The number of hydrogen-bond donors (Lipinski definition) is 4. The fourth-order valence-electron chi connectivity index (χ4n) is 2.70. The average Bonchev–Trinajstić information content (AvgIpc) is 3.03. The summed E-state index contributed by atoms with van der Waals surface area (Å²) in [5.74, 6) is -0.580. The van der Waals surface area contributed by atoms with E-state index in [4.69, 9.17) is 23.2 Å². The lowest BCUT2D eigenvalue weighted by Crippen LogP contribution is -2.43. The van der Waals surface area contributed by atoms with Crippen LogP contribution in [0, 0.1) is 0 Å². The number of benzene rings is 2. The highest BCUT2D eigenvalue weighted by Gasteiger charge is 2.20. The molecule has 3 rings (SSSR count). The lowest BCUT2D eigenvalue weighted by atomic mass is 10.2. The van der Waals surface area contributed by atoms with Gasteiger partial charge in [0.25, 0.3) is 0 Å². The molecule has 0 saturated heterocycles. The Bertz CT molecular complexity index is 1120. The summed E-state index contributed by atoms with van der Waals surface area (Å²) in [7, 11) is 1.67. The van der Waals surface area contributed by atoms with E-state index in [1.807, 2.05) is 0 Å². The highest BCUT2D eigenvalue weighted by molar-refractivity contribution is 6.42. The number of amides is 2. The molecule has 3 aromatic rings. The zero-order chi connectivity index (χ0) is 21.1. The second-order valence-corrected chi connectivity index (χ2v) is 7.41. The molecule has 29 heavy (non-hydrogen) atoms. The third-order valence-corrected chi connectivity index (χ3v) is 5.16. The number of likely N-dealkylation sites (N-methyl/N-ethyl adjacent to an activating group) is 1. The van der Waals surface area contributed by atoms with Crippen molar-refractivity contribution < 1.29 is 9.59 Å². The number of hydrogen-bond acceptors (Lipinski definition) is 4. The lowest BCUT2D eigenvalue weighted by molar-refractivity contribution is -0.122. The van der Waals surface area contributed by atoms with E-state index in [2.05, 4.69) is 20.6 Å². The van der Waals surface area contributed by atoms with Crippen molar-refractivity contribution in [3.8, 4) is 0 Å². The molecule has 1 atom stereocenters. The maximum Gasteiger partial charge on any atom is 0.323 e. The summed E-state index contributed by atoms with van der Waals surface area (Å²) in [5, 5.41) is 6.23. The maximum absolute atomic E-state index is 12.5. The summed E-state index contributed by atoms with van der Waals surface area (Å²) in [5.41, 5.74) is 1.98. The molecule has 152 valence electrons. The van der Waals surface area contributed by atoms with Crippen molar-refractivity contribution in [3.63, 3.8) is 0 Å². The summed E-state index contributed by atoms with van der Waals surface area (Å²) in [6, 6.07) is 9.26. The summed E-state index contributed by atoms with van der Waals surface area (Å²) in [6.45, 7) is 1.69. The van der Waals surface area contributed by atoms with Crippen LogP contribution >= 0.6 is 23.2 Å². The number of fused-ring (bicyclic) bond motifs is 1. The molecular weight excluding hydrogens is 417 g/mol. The van der Waals surface area contributed by atoms with Crippen molar-refractivity contribution in [2.45, 2.75) is 13.0 Å². The molecular formula is C19H19Cl2N5O3. The number of anilines is 2. The van der Waals surface area contributed by atoms with Crippen molar-refractivity contribution in [2.24, 2.45) is 0 Å². The Morgan fingerprint density at radius 1 is 1.00 bits per heavy atom. The number of H-pyrrole nitrogens is 2. The van der Waals surface area contributed by atoms with Gasteiger partial charge in [-0.25, -0.2) is 4.79 Å². The Balaban J connectivity index is 1.58. The van der Waals surface area contributed by atoms with E-state index in [0.717, 1.165) is 0 Å². The molecule has 0 aliphatic carbocycles. The van der Waals surface area contributed by atoms with Crippen LogP contribution in [-0.4, -0.2) is 46.3 Å². The molecule has 0 spiro atoms. The number of aromatic amines is 2. The van der Waals surface area contributed by atoms with E-state index in [1.54, 1.807) is 55.3 Å². The Kier molecular flexibility index (Phi) is 6.26. The zero-order valence-corrected chi connectivity index (χ0v) is 17.2. The van der Waals surface area contributed by atoms with Gasteiger partial charge in [-0.3, -0.25) is 14.5 Å². The summed E-state index contributed by atoms with van der Waals surface area (Å²) in [6.07, 6.45) is 0. The smallest absolute Gasteiger partial charge is 0.323 e. The molecule has 0 aliphatic heterocycles. The average molecular weight is 436 g/mol. The summed E-state index contributed by atoms with van der Waals surface area (Å²) < 4.78 is 0. The van der Waals surface area contributed by atoms with Gasteiger partial charge < -0.3 is 20.6 Å². The van der Waals surface area contributed by atoms with Gasteiger partial charge in [0.1, 0.15) is 0 Å². The third-order valence-electron chi connectivity index (χ3n) is 4.42. The minimum absolute atomic E-state index is 0.000995. The fraction of sp³-hybridized carbons (Fsp3) is 0.211. The molecule has 1 heterocycles. The van der Waals surface area contributed by atoms with Crippen LogP contribution in [0.25, 0.3) is 11.0 Å². The topological polar surface area (TPSA) is 110 Å². The van der Waals surface area contributed by atoms with Gasteiger partial charge in [0, 0.05) is 11.4 Å². The summed E-state index contributed by atoms with van der Waals surface area (Å²) in [4.78, 5) is 43.0. The standard InChI is InChI=1S/C19H19Cl2N5O3/c1-10(18(28)23-12-4-6-15-16(8-12)25-19(29)24-15)26(2)9-17(27)22-11-3-5-13(20)14(21)7-11/h3-8,10H,9H2,1-2H3,(H,22,27)(H,23,28)(H2,24,25,29)/t10-/m0/s1. The SMILES string of the molecule is C[C@@H](C(=O)Nc1ccc2[nH]c(=O)[nH]c2c1)N(C)CC(=O)Nc1ccc(Cl)c(Cl)c1. The van der Waals surface area contributed by atoms with E-state index >= 15 is 0 Å². The first-order valence-corrected chi connectivity index (χ1v) is 9.46. The van der Waals surface area contributed by atoms with Gasteiger partial charge in [-0.1, -0.05) is 23.2 Å². The van der Waals surface area contributed by atoms with E-state index < -0.39 is 6.04 Å². The number of aromatic nitrogens is 2. The number of nitrogens with one attached hydrogen (secondary N) is 4. The molecule has 8 nitrogen and oxygen atoms in total. The summed E-state index contributed by atoms with van der Waals surface area (Å²) >= 11 is 11.8. The van der Waals surface area contributed by atoms with Crippen LogP contribution in [0.1, 0.15) is 6.92 Å². The van der Waals surface area contributed by atoms with E-state index in [-0.39, 0.29) is 24.0 Å². The van der Waals surface area contributed by atoms with Crippen LogP contribution in [0.2, 0.25) is 10.0 Å². The van der Waals surface area contributed by atoms with Gasteiger partial charge in [0.15, 0.2) is 0 Å². The van der Waals surface area contributed by atoms with Crippen LogP contribution in [0.3, 0.4) is 0 Å². The quantitative estimate of drug-likeness (QED) is 0.476. The van der Waals surface area contributed by atoms with E-state index in [9.17, 15) is 14.4 Å². The third kappa shape index (κ3) is 5.17. The van der Waals surface area contributed by atoms with E-state index in [1.165, 1.54) is 0 Å². The fourth-order valence-corrected chi connectivity index (χ4v) is 2.99. The van der Waals surface area contributed by atoms with Crippen molar-refractivity contribution in [1.82, 2.24) is 14.9 Å². The predicted octanol–water partition coefficient (Wildman–Crippen LogP) is 3.06. The number of carbonyl (C=O) groups is 2. The highest BCUT2D eigenvalue weighted by Crippen LogP contribution is 2.25. The van der Waals surface area contributed by atoms with Crippen LogP contribution < -0.4 is 16.3 Å². The number of halogens is 2. The normalized spacial score (nSPS) is 12.2. The molecule has 4 N–H and O–H groups in total. The maximum atomic E-state index is 12.5. The van der Waals surface area contributed by atoms with Gasteiger partial charge in [-0.15, -0.1) is 0 Å². The Labute approximate surface area is 176 Å². The first-order chi connectivity index (χ1) is 13.7. The van der Waals surface area contributed by atoms with Crippen molar-refractivity contribution in [2.75, 3.05) is 24.2 Å². The van der Waals surface area contributed by atoms with Gasteiger partial charge >= 0.3 is 5.69 Å². The second kappa shape index (κ2) is 8.69. The number of nitrogens with zero attached hydrogens (tertiary/aromatic N) is 1. The van der Waals surface area contributed by atoms with Crippen LogP contribution in [0.15, 0.2) is 41.2 Å². The molecule has 0 saturated carbocycles. The zero-order valence-electron chi connectivity index (χ0n) is 15.7. The first-order valence-electron chi connectivity index (χ1n) is 8.71.